The Morgan fingerprint density at radius 2 is 1.04 bits per heavy atom. The summed E-state index contributed by atoms with van der Waals surface area (Å²) in [4.78, 5) is 12.3. The number of nitrogens with zero attached hydrogens (tertiary/aromatic N) is 2. The van der Waals surface area contributed by atoms with Crippen LogP contribution in [0.15, 0.2) is 36.7 Å². The number of amides is 1. The van der Waals surface area contributed by atoms with Gasteiger partial charge in [0.1, 0.15) is 18.9 Å². The molecular weight excluding hydrogens is 550 g/mol. The number of allylic oxidation sites excluding steroid dienone is 4. The predicted octanol–water partition coefficient (Wildman–Crippen LogP) is 11.7. The highest BCUT2D eigenvalue weighted by atomic mass is 16.1. The van der Waals surface area contributed by atoms with Gasteiger partial charge in [-0.05, 0) is 64.2 Å². The molecule has 1 N–H and O–H groups in total. The van der Waals surface area contributed by atoms with E-state index in [1.807, 2.05) is 0 Å². The van der Waals surface area contributed by atoms with Gasteiger partial charge in [-0.3, -0.25) is 4.79 Å². The van der Waals surface area contributed by atoms with Crippen LogP contribution in [0, 0.1) is 0 Å². The molecule has 0 saturated heterocycles. The SMILES string of the molecule is CCCCCCCC/C=C/CCCCCCCC(=O)NCCn1cc[n+](C)c1CCCCCCC/C=C/CCCCCCCC. The van der Waals surface area contributed by atoms with E-state index in [9.17, 15) is 4.79 Å². The van der Waals surface area contributed by atoms with Gasteiger partial charge in [0.25, 0.3) is 5.82 Å². The molecule has 1 amide bonds. The van der Waals surface area contributed by atoms with E-state index < -0.39 is 0 Å². The number of hydrogen-bond donors (Lipinski definition) is 1. The fourth-order valence-electron chi connectivity index (χ4n) is 6.19. The Morgan fingerprint density at radius 1 is 0.622 bits per heavy atom. The minimum absolute atomic E-state index is 0.211. The Hall–Kier alpha value is -1.84. The van der Waals surface area contributed by atoms with E-state index in [0.717, 1.165) is 25.9 Å². The van der Waals surface area contributed by atoms with Crippen LogP contribution < -0.4 is 9.88 Å². The van der Waals surface area contributed by atoms with Crippen LogP contribution in [0.1, 0.15) is 193 Å². The lowest BCUT2D eigenvalue weighted by atomic mass is 10.1. The van der Waals surface area contributed by atoms with Gasteiger partial charge >= 0.3 is 0 Å². The molecule has 1 heterocycles. The Kier molecular flexibility index (Phi) is 29.4. The third-order valence-electron chi connectivity index (χ3n) is 9.21. The van der Waals surface area contributed by atoms with Crippen LogP contribution in [-0.2, 0) is 24.8 Å². The van der Waals surface area contributed by atoms with Crippen LogP contribution in [-0.4, -0.2) is 17.0 Å². The molecule has 0 aromatic carbocycles. The summed E-state index contributed by atoms with van der Waals surface area (Å²) in [7, 11) is 2.15. The zero-order valence-electron chi connectivity index (χ0n) is 30.5. The molecule has 0 aliphatic heterocycles. The monoisotopic (exact) mass is 627 g/mol. The standard InChI is InChI=1S/C41H75N3O/c1-4-6-8-10-12-14-16-18-20-22-24-26-28-30-32-34-40(45)42-36-37-44-39-38-43(3)41(44)35-33-31-29-27-25-23-21-19-17-15-13-11-9-7-5-2/h18-21,38-39H,4-17,22-37H2,1-3H3/p+1/b20-18+,21-19+. The van der Waals surface area contributed by atoms with Crippen LogP contribution >= 0.6 is 0 Å². The molecule has 1 aromatic rings. The summed E-state index contributed by atoms with van der Waals surface area (Å²) in [5.74, 6) is 1.59. The largest absolute Gasteiger partial charge is 0.352 e. The number of carbonyl (C=O) groups is 1. The quantitative estimate of drug-likeness (QED) is 0.0470. The fraction of sp³-hybridized carbons (Fsp3) is 0.805. The lowest BCUT2D eigenvalue weighted by Gasteiger charge is -2.06. The molecule has 0 spiro atoms. The normalized spacial score (nSPS) is 11.8. The van der Waals surface area contributed by atoms with Crippen molar-refractivity contribution < 1.29 is 9.36 Å². The van der Waals surface area contributed by atoms with E-state index in [0.29, 0.717) is 6.42 Å². The average Bonchev–Trinajstić information content (AvgIpc) is 3.39. The molecule has 45 heavy (non-hydrogen) atoms. The maximum absolute atomic E-state index is 12.3. The number of nitrogens with one attached hydrogen (secondary N) is 1. The van der Waals surface area contributed by atoms with Crippen molar-refractivity contribution in [2.75, 3.05) is 6.54 Å². The second-order valence-corrected chi connectivity index (χ2v) is 13.5. The lowest BCUT2D eigenvalue weighted by molar-refractivity contribution is -0.678. The van der Waals surface area contributed by atoms with Crippen molar-refractivity contribution in [3.8, 4) is 0 Å². The summed E-state index contributed by atoms with van der Waals surface area (Å²) in [6, 6.07) is 0. The molecule has 0 saturated carbocycles. The summed E-state index contributed by atoms with van der Waals surface area (Å²) in [6.07, 6.45) is 49.9. The number of aryl methyl sites for hydroxylation is 1. The van der Waals surface area contributed by atoms with Gasteiger partial charge in [0, 0.05) is 12.8 Å². The van der Waals surface area contributed by atoms with Crippen LogP contribution in [0.3, 0.4) is 0 Å². The highest BCUT2D eigenvalue weighted by Gasteiger charge is 2.14. The summed E-state index contributed by atoms with van der Waals surface area (Å²) < 4.78 is 4.58. The van der Waals surface area contributed by atoms with Crippen molar-refractivity contribution in [1.29, 1.82) is 0 Å². The molecule has 4 nitrogen and oxygen atoms in total. The molecule has 0 unspecified atom stereocenters. The molecule has 0 bridgehead atoms. The molecule has 260 valence electrons. The van der Waals surface area contributed by atoms with Crippen molar-refractivity contribution in [2.24, 2.45) is 7.05 Å². The van der Waals surface area contributed by atoms with Gasteiger partial charge in [0.15, 0.2) is 0 Å². The van der Waals surface area contributed by atoms with E-state index in [4.69, 9.17) is 0 Å². The first-order valence-corrected chi connectivity index (χ1v) is 19.8. The third-order valence-corrected chi connectivity index (χ3v) is 9.21. The van der Waals surface area contributed by atoms with Crippen molar-refractivity contribution in [1.82, 2.24) is 9.88 Å². The van der Waals surface area contributed by atoms with Gasteiger partial charge in [0.05, 0.1) is 13.6 Å². The number of carbonyl (C=O) groups excluding carboxylic acids is 1. The van der Waals surface area contributed by atoms with Crippen LogP contribution in [0.4, 0.5) is 0 Å². The van der Waals surface area contributed by atoms with Gasteiger partial charge in [-0.25, -0.2) is 9.13 Å². The smallest absolute Gasteiger partial charge is 0.256 e. The highest BCUT2D eigenvalue weighted by molar-refractivity contribution is 5.75. The second kappa shape index (κ2) is 32.1. The summed E-state index contributed by atoms with van der Waals surface area (Å²) in [6.45, 7) is 6.14. The topological polar surface area (TPSA) is 37.9 Å². The first-order valence-electron chi connectivity index (χ1n) is 19.8. The Bertz CT molecular complexity index is 840. The Morgan fingerprint density at radius 3 is 1.53 bits per heavy atom. The number of aromatic nitrogens is 2. The van der Waals surface area contributed by atoms with E-state index in [1.165, 1.54) is 166 Å². The number of imidazole rings is 1. The molecule has 0 atom stereocenters. The van der Waals surface area contributed by atoms with Gasteiger partial charge in [0.2, 0.25) is 5.91 Å². The molecule has 4 heteroatoms. The molecule has 0 aliphatic rings. The van der Waals surface area contributed by atoms with E-state index in [-0.39, 0.29) is 5.91 Å². The van der Waals surface area contributed by atoms with Crippen molar-refractivity contribution in [3.05, 3.63) is 42.5 Å². The van der Waals surface area contributed by atoms with Gasteiger partial charge in [-0.15, -0.1) is 0 Å². The highest BCUT2D eigenvalue weighted by Crippen LogP contribution is 2.12. The summed E-state index contributed by atoms with van der Waals surface area (Å²) in [5, 5.41) is 3.16. The van der Waals surface area contributed by atoms with Gasteiger partial charge < -0.3 is 5.32 Å². The zero-order chi connectivity index (χ0) is 32.5. The molecule has 1 aromatic heterocycles. The average molecular weight is 627 g/mol. The van der Waals surface area contributed by atoms with Gasteiger partial charge in [-0.1, -0.05) is 141 Å². The summed E-state index contributed by atoms with van der Waals surface area (Å²) >= 11 is 0. The molecule has 0 fully saturated rings. The molecule has 1 rings (SSSR count). The van der Waals surface area contributed by atoms with E-state index in [2.05, 4.69) is 72.0 Å². The van der Waals surface area contributed by atoms with E-state index >= 15 is 0 Å². The maximum Gasteiger partial charge on any atom is 0.256 e. The molecule has 0 radical (unpaired) electrons. The number of unbranched alkanes of at least 4 members (excludes halogenated alkanes) is 22. The van der Waals surface area contributed by atoms with Crippen LogP contribution in [0.25, 0.3) is 0 Å². The fourth-order valence-corrected chi connectivity index (χ4v) is 6.19. The lowest BCUT2D eigenvalue weighted by Crippen LogP contribution is -2.33. The first kappa shape index (κ1) is 41.2. The van der Waals surface area contributed by atoms with Crippen molar-refractivity contribution in [3.63, 3.8) is 0 Å². The third kappa shape index (κ3) is 26.0. The zero-order valence-corrected chi connectivity index (χ0v) is 30.5. The molecular formula is C41H76N3O+. The first-order chi connectivity index (χ1) is 22.2. The van der Waals surface area contributed by atoms with E-state index in [1.54, 1.807) is 0 Å². The minimum atomic E-state index is 0.211. The Labute approximate surface area is 280 Å². The van der Waals surface area contributed by atoms with Gasteiger partial charge in [-0.2, -0.15) is 0 Å². The predicted molar refractivity (Wildman–Crippen MR) is 197 cm³/mol. The van der Waals surface area contributed by atoms with Crippen LogP contribution in [0.5, 0.6) is 0 Å². The molecule has 0 aliphatic carbocycles. The maximum atomic E-state index is 12.3. The Balaban J connectivity index is 1.98. The second-order valence-electron chi connectivity index (χ2n) is 13.5. The number of hydrogen-bond acceptors (Lipinski definition) is 1. The number of rotatable bonds is 33. The van der Waals surface area contributed by atoms with Crippen LogP contribution in [0.2, 0.25) is 0 Å². The van der Waals surface area contributed by atoms with Crippen molar-refractivity contribution in [2.45, 2.75) is 200 Å². The minimum Gasteiger partial charge on any atom is -0.352 e. The summed E-state index contributed by atoms with van der Waals surface area (Å²) in [5.41, 5.74) is 0. The van der Waals surface area contributed by atoms with Crippen molar-refractivity contribution >= 4 is 5.91 Å².